The lowest BCUT2D eigenvalue weighted by atomic mass is 9.87. The van der Waals surface area contributed by atoms with Crippen LogP contribution in [0.25, 0.3) is 10.9 Å². The second-order valence-electron chi connectivity index (χ2n) is 11.3. The monoisotopic (exact) mass is 563 g/mol. The maximum Gasteiger partial charge on any atom is 0.287 e. The van der Waals surface area contributed by atoms with Crippen LogP contribution in [0, 0.1) is 11.8 Å². The molecule has 0 atom stereocenters. The number of hydrogen-bond donors (Lipinski definition) is 3. The second kappa shape index (κ2) is 16.2. The summed E-state index contributed by atoms with van der Waals surface area (Å²) >= 11 is 0. The van der Waals surface area contributed by atoms with E-state index in [9.17, 15) is 9.59 Å². The van der Waals surface area contributed by atoms with Crippen molar-refractivity contribution < 1.29 is 19.4 Å². The molecule has 0 saturated heterocycles. The van der Waals surface area contributed by atoms with Gasteiger partial charge in [-0.1, -0.05) is 82.4 Å². The van der Waals surface area contributed by atoms with Gasteiger partial charge in [0, 0.05) is 13.2 Å². The fourth-order valence-corrected chi connectivity index (χ4v) is 5.91. The van der Waals surface area contributed by atoms with Gasteiger partial charge in [0.15, 0.2) is 5.82 Å². The van der Waals surface area contributed by atoms with Crippen molar-refractivity contribution in [3.63, 3.8) is 0 Å². The smallest absolute Gasteiger partial charge is 0.287 e. The highest BCUT2D eigenvalue weighted by atomic mass is 16.5. The molecule has 8 nitrogen and oxygen atoms in total. The molecule has 0 radical (unpaired) electrons. The van der Waals surface area contributed by atoms with Gasteiger partial charge in [0.1, 0.15) is 16.9 Å². The van der Waals surface area contributed by atoms with Gasteiger partial charge in [0.25, 0.3) is 11.5 Å². The molecule has 222 valence electrons. The summed E-state index contributed by atoms with van der Waals surface area (Å²) in [5, 5.41) is 11.8. The van der Waals surface area contributed by atoms with Gasteiger partial charge in [-0.3, -0.25) is 9.59 Å². The number of aliphatic hydroxyl groups is 1. The van der Waals surface area contributed by atoms with E-state index in [1.165, 1.54) is 64.2 Å². The molecule has 1 amide bonds. The van der Waals surface area contributed by atoms with Crippen molar-refractivity contribution >= 4 is 16.8 Å². The molecule has 1 aromatic heterocycles. The van der Waals surface area contributed by atoms with Crippen molar-refractivity contribution in [1.29, 1.82) is 0 Å². The average Bonchev–Trinajstić information content (AvgIpc) is 3.01. The van der Waals surface area contributed by atoms with Crippen LogP contribution in [0.4, 0.5) is 0 Å². The molecule has 3 N–H and O–H groups in total. The third-order valence-electron chi connectivity index (χ3n) is 8.27. The molecule has 2 aliphatic rings. The van der Waals surface area contributed by atoms with Gasteiger partial charge in [-0.15, -0.1) is 0 Å². The van der Waals surface area contributed by atoms with Gasteiger partial charge in [-0.05, 0) is 54.5 Å². The number of methoxy groups -OCH3 is 1. The van der Waals surface area contributed by atoms with Gasteiger partial charge < -0.3 is 24.9 Å². The molecule has 1 heterocycles. The minimum absolute atomic E-state index is 0.0234. The van der Waals surface area contributed by atoms with Gasteiger partial charge >= 0.3 is 0 Å². The molecule has 5 rings (SSSR count). The average molecular weight is 564 g/mol. The van der Waals surface area contributed by atoms with Crippen LogP contribution >= 0.6 is 0 Å². The number of H-pyrrole nitrogens is 1. The van der Waals surface area contributed by atoms with Crippen molar-refractivity contribution in [2.45, 2.75) is 83.6 Å². The van der Waals surface area contributed by atoms with Crippen LogP contribution in [0.1, 0.15) is 93.2 Å². The fraction of sp³-hybridized carbons (Fsp3) is 0.545. The van der Waals surface area contributed by atoms with Crippen LogP contribution in [0.5, 0.6) is 11.5 Å². The SMILES string of the molecule is COc1cccc(CNC(=O)c2nc3cccc(OCCC4CCCCC4)c3c(=O)[nH]2)c1.OCCC1CCCCC1. The summed E-state index contributed by atoms with van der Waals surface area (Å²) in [6.45, 7) is 1.26. The van der Waals surface area contributed by atoms with Crippen molar-refractivity contribution in [2.24, 2.45) is 11.8 Å². The molecule has 2 saturated carbocycles. The first-order valence-corrected chi connectivity index (χ1v) is 15.2. The van der Waals surface area contributed by atoms with E-state index in [-0.39, 0.29) is 11.4 Å². The number of amides is 1. The van der Waals surface area contributed by atoms with E-state index in [4.69, 9.17) is 14.6 Å². The molecule has 2 fully saturated rings. The largest absolute Gasteiger partial charge is 0.497 e. The molecule has 0 unspecified atom stereocenters. The van der Waals surface area contributed by atoms with Crippen molar-refractivity contribution in [2.75, 3.05) is 20.3 Å². The highest BCUT2D eigenvalue weighted by molar-refractivity contribution is 5.93. The number of hydrogen-bond acceptors (Lipinski definition) is 6. The predicted octanol–water partition coefficient (Wildman–Crippen LogP) is 6.16. The normalized spacial score (nSPS) is 16.0. The zero-order valence-corrected chi connectivity index (χ0v) is 24.3. The molecule has 41 heavy (non-hydrogen) atoms. The molecule has 0 bridgehead atoms. The number of nitrogens with zero attached hydrogens (tertiary/aromatic N) is 1. The third kappa shape index (κ3) is 9.32. The van der Waals surface area contributed by atoms with E-state index in [2.05, 4.69) is 15.3 Å². The van der Waals surface area contributed by atoms with Crippen molar-refractivity contribution in [3.8, 4) is 11.5 Å². The topological polar surface area (TPSA) is 114 Å². The van der Waals surface area contributed by atoms with Gasteiger partial charge in [0.05, 0.1) is 19.2 Å². The summed E-state index contributed by atoms with van der Waals surface area (Å²) in [6.07, 6.45) is 15.4. The highest BCUT2D eigenvalue weighted by Crippen LogP contribution is 2.28. The summed E-state index contributed by atoms with van der Waals surface area (Å²) in [5.74, 6) is 2.30. The minimum Gasteiger partial charge on any atom is -0.497 e. The molecule has 2 aliphatic carbocycles. The van der Waals surface area contributed by atoms with Crippen LogP contribution in [-0.2, 0) is 6.54 Å². The number of carbonyl (C=O) groups is 1. The summed E-state index contributed by atoms with van der Waals surface area (Å²) in [5.41, 5.74) is 0.944. The number of aliphatic hydroxyl groups excluding tert-OH is 1. The first-order valence-electron chi connectivity index (χ1n) is 15.2. The van der Waals surface area contributed by atoms with Crippen molar-refractivity contribution in [3.05, 3.63) is 64.2 Å². The van der Waals surface area contributed by atoms with E-state index in [0.717, 1.165) is 24.3 Å². The maximum absolute atomic E-state index is 12.8. The van der Waals surface area contributed by atoms with E-state index in [1.54, 1.807) is 25.3 Å². The Bertz CT molecular complexity index is 1290. The summed E-state index contributed by atoms with van der Waals surface area (Å²) in [4.78, 5) is 32.3. The summed E-state index contributed by atoms with van der Waals surface area (Å²) in [6, 6.07) is 12.7. The summed E-state index contributed by atoms with van der Waals surface area (Å²) in [7, 11) is 1.59. The number of ether oxygens (including phenoxy) is 2. The van der Waals surface area contributed by atoms with E-state index in [1.807, 2.05) is 24.3 Å². The lowest BCUT2D eigenvalue weighted by Crippen LogP contribution is -2.27. The van der Waals surface area contributed by atoms with E-state index >= 15 is 0 Å². The lowest BCUT2D eigenvalue weighted by molar-refractivity contribution is 0.0940. The van der Waals surface area contributed by atoms with Crippen LogP contribution < -0.4 is 20.3 Å². The fourth-order valence-electron chi connectivity index (χ4n) is 5.91. The molecule has 2 aromatic carbocycles. The first kappa shape index (κ1) is 30.6. The van der Waals surface area contributed by atoms with Crippen LogP contribution in [-0.4, -0.2) is 41.3 Å². The maximum atomic E-state index is 12.8. The molecule has 8 heteroatoms. The highest BCUT2D eigenvalue weighted by Gasteiger charge is 2.16. The number of benzene rings is 2. The zero-order chi connectivity index (χ0) is 28.9. The third-order valence-corrected chi connectivity index (χ3v) is 8.27. The Morgan fingerprint density at radius 1 is 0.976 bits per heavy atom. The quantitative estimate of drug-likeness (QED) is 0.272. The van der Waals surface area contributed by atoms with Crippen LogP contribution in [0.15, 0.2) is 47.3 Å². The minimum atomic E-state index is -0.449. The van der Waals surface area contributed by atoms with Crippen LogP contribution in [0.2, 0.25) is 0 Å². The van der Waals surface area contributed by atoms with E-state index in [0.29, 0.717) is 48.1 Å². The number of carbonyl (C=O) groups excluding carboxylic acids is 1. The number of rotatable bonds is 10. The number of aromatic nitrogens is 2. The molecule has 0 spiro atoms. The predicted molar refractivity (Wildman–Crippen MR) is 161 cm³/mol. The first-order chi connectivity index (χ1) is 20.1. The molecular weight excluding hydrogens is 518 g/mol. The Hall–Kier alpha value is -3.39. The standard InChI is InChI=1S/C25H29N3O4.C8H16O/c1-31-19-10-5-9-18(15-19)16-26-25(30)23-27-20-11-6-12-21(22(20)24(29)28-23)32-14-13-17-7-3-2-4-8-17;9-7-6-8-4-2-1-3-5-8/h5-6,9-12,15,17H,2-4,7-8,13-14,16H2,1H3,(H,26,30)(H,27,28,29);8-9H,1-7H2. The molecular formula is C33H45N3O5. The lowest BCUT2D eigenvalue weighted by Gasteiger charge is -2.21. The Morgan fingerprint density at radius 2 is 1.66 bits per heavy atom. The second-order valence-corrected chi connectivity index (χ2v) is 11.3. The Labute approximate surface area is 242 Å². The van der Waals surface area contributed by atoms with Crippen molar-refractivity contribution in [1.82, 2.24) is 15.3 Å². The van der Waals surface area contributed by atoms with Gasteiger partial charge in [0.2, 0.25) is 0 Å². The van der Waals surface area contributed by atoms with Gasteiger partial charge in [-0.25, -0.2) is 4.98 Å². The number of nitrogens with one attached hydrogen (secondary N) is 2. The summed E-state index contributed by atoms with van der Waals surface area (Å²) < 4.78 is 11.2. The Morgan fingerprint density at radius 3 is 2.34 bits per heavy atom. The Balaban J connectivity index is 0.000000367. The zero-order valence-electron chi connectivity index (χ0n) is 24.3. The molecule has 0 aliphatic heterocycles. The number of aromatic amines is 1. The molecule has 3 aromatic rings. The number of fused-ring (bicyclic) bond motifs is 1. The van der Waals surface area contributed by atoms with E-state index < -0.39 is 5.91 Å². The Kier molecular flexibility index (Phi) is 12.0. The van der Waals surface area contributed by atoms with Gasteiger partial charge in [-0.2, -0.15) is 0 Å². The van der Waals surface area contributed by atoms with Crippen LogP contribution in [0.3, 0.4) is 0 Å².